The van der Waals surface area contributed by atoms with Crippen LogP contribution >= 0.6 is 0 Å². The van der Waals surface area contributed by atoms with Crippen LogP contribution in [0.1, 0.15) is 44.6 Å². The first-order valence-corrected chi connectivity index (χ1v) is 8.68. The number of amides is 1. The van der Waals surface area contributed by atoms with Gasteiger partial charge in [0, 0.05) is 18.5 Å². The van der Waals surface area contributed by atoms with Gasteiger partial charge in [-0.05, 0) is 56.7 Å². The van der Waals surface area contributed by atoms with Crippen LogP contribution in [0.5, 0.6) is 5.75 Å². The van der Waals surface area contributed by atoms with Gasteiger partial charge in [-0.25, -0.2) is 0 Å². The predicted octanol–water partition coefficient (Wildman–Crippen LogP) is 2.92. The average Bonchev–Trinajstić information content (AvgIpc) is 2.58. The number of carbonyl (C=O) groups excluding carboxylic acids is 1. The van der Waals surface area contributed by atoms with Gasteiger partial charge in [0.15, 0.2) is 6.61 Å². The molecule has 1 amide bonds. The number of likely N-dealkylation sites (tertiary alicyclic amines) is 1. The van der Waals surface area contributed by atoms with Crippen molar-refractivity contribution in [1.29, 1.82) is 0 Å². The molecule has 2 aliphatic rings. The summed E-state index contributed by atoms with van der Waals surface area (Å²) in [7, 11) is 0. The average molecular weight is 317 g/mol. The maximum atomic E-state index is 12.3. The Labute approximate surface area is 138 Å². The fourth-order valence-electron chi connectivity index (χ4n) is 4.16. The van der Waals surface area contributed by atoms with Crippen molar-refractivity contribution in [3.05, 3.63) is 29.8 Å². The van der Waals surface area contributed by atoms with Crippen LogP contribution in [0.15, 0.2) is 24.3 Å². The molecule has 126 valence electrons. The molecule has 1 unspecified atom stereocenters. The molecule has 0 aromatic heterocycles. The summed E-state index contributed by atoms with van der Waals surface area (Å²) in [5, 5.41) is 10.7. The molecule has 1 aromatic carbocycles. The zero-order valence-corrected chi connectivity index (χ0v) is 14.2. The van der Waals surface area contributed by atoms with E-state index in [0.717, 1.165) is 56.5 Å². The van der Waals surface area contributed by atoms with Gasteiger partial charge < -0.3 is 14.7 Å². The number of ether oxygens (including phenoxy) is 1. The van der Waals surface area contributed by atoms with E-state index in [-0.39, 0.29) is 17.9 Å². The van der Waals surface area contributed by atoms with E-state index in [1.165, 1.54) is 0 Å². The molecule has 23 heavy (non-hydrogen) atoms. The normalized spacial score (nSPS) is 26.0. The highest BCUT2D eigenvalue weighted by Crippen LogP contribution is 2.57. The summed E-state index contributed by atoms with van der Waals surface area (Å²) in [6.45, 7) is 5.63. The number of carbonyl (C=O) groups is 1. The molecule has 2 fully saturated rings. The van der Waals surface area contributed by atoms with Gasteiger partial charge in [0.25, 0.3) is 5.91 Å². The number of hydrogen-bond acceptors (Lipinski definition) is 3. The monoisotopic (exact) mass is 317 g/mol. The van der Waals surface area contributed by atoms with Crippen LogP contribution in [0.2, 0.25) is 0 Å². The Hall–Kier alpha value is -1.55. The van der Waals surface area contributed by atoms with Gasteiger partial charge in [0.2, 0.25) is 0 Å². The van der Waals surface area contributed by atoms with Crippen molar-refractivity contribution < 1.29 is 14.6 Å². The molecule has 3 rings (SSSR count). The smallest absolute Gasteiger partial charge is 0.260 e. The molecule has 1 N–H and O–H groups in total. The second kappa shape index (κ2) is 6.16. The lowest BCUT2D eigenvalue weighted by atomic mass is 9.51. The summed E-state index contributed by atoms with van der Waals surface area (Å²) >= 11 is 0. The van der Waals surface area contributed by atoms with E-state index < -0.39 is 5.60 Å². The lowest BCUT2D eigenvalue weighted by Gasteiger charge is -2.59. The predicted molar refractivity (Wildman–Crippen MR) is 89.4 cm³/mol. The number of hydrogen-bond donors (Lipinski definition) is 1. The molecule has 1 saturated carbocycles. The Morgan fingerprint density at radius 1 is 1.26 bits per heavy atom. The molecule has 1 aliphatic heterocycles. The minimum atomic E-state index is -0.500. The Bertz CT molecular complexity index is 574. The van der Waals surface area contributed by atoms with Gasteiger partial charge in [-0.2, -0.15) is 0 Å². The third-order valence-corrected chi connectivity index (χ3v) is 6.01. The van der Waals surface area contributed by atoms with E-state index in [4.69, 9.17) is 4.74 Å². The van der Waals surface area contributed by atoms with Crippen LogP contribution in [-0.2, 0) is 4.79 Å². The summed E-state index contributed by atoms with van der Waals surface area (Å²) < 4.78 is 5.62. The quantitative estimate of drug-likeness (QED) is 0.929. The SMILES string of the molecule is CCC1(O)CCC12CCN(C(=O)COc1cccc(C)c1)CC2. The first-order chi connectivity index (χ1) is 11.0. The van der Waals surface area contributed by atoms with Crippen LogP contribution in [-0.4, -0.2) is 41.2 Å². The van der Waals surface area contributed by atoms with Crippen LogP contribution in [0.4, 0.5) is 0 Å². The van der Waals surface area contributed by atoms with Crippen LogP contribution < -0.4 is 4.74 Å². The maximum absolute atomic E-state index is 12.3. The van der Waals surface area contributed by atoms with E-state index in [1.54, 1.807) is 0 Å². The van der Waals surface area contributed by atoms with Gasteiger partial charge in [-0.3, -0.25) is 4.79 Å². The number of piperidine rings is 1. The highest BCUT2D eigenvalue weighted by Gasteiger charge is 2.57. The van der Waals surface area contributed by atoms with E-state index in [1.807, 2.05) is 36.1 Å². The van der Waals surface area contributed by atoms with Crippen molar-refractivity contribution in [1.82, 2.24) is 4.90 Å². The zero-order valence-electron chi connectivity index (χ0n) is 14.2. The Kier molecular flexibility index (Phi) is 4.37. The Balaban J connectivity index is 1.51. The molecule has 1 aromatic rings. The van der Waals surface area contributed by atoms with Gasteiger partial charge >= 0.3 is 0 Å². The molecule has 0 bridgehead atoms. The van der Waals surface area contributed by atoms with E-state index in [9.17, 15) is 9.90 Å². The number of benzene rings is 1. The summed E-state index contributed by atoms with van der Waals surface area (Å²) in [4.78, 5) is 14.2. The highest BCUT2D eigenvalue weighted by atomic mass is 16.5. The molecule has 1 aliphatic carbocycles. The maximum Gasteiger partial charge on any atom is 0.260 e. The van der Waals surface area contributed by atoms with E-state index in [2.05, 4.69) is 6.92 Å². The Morgan fingerprint density at radius 2 is 2.00 bits per heavy atom. The summed E-state index contributed by atoms with van der Waals surface area (Å²) in [6, 6.07) is 7.75. The van der Waals surface area contributed by atoms with Crippen molar-refractivity contribution in [2.24, 2.45) is 5.41 Å². The van der Waals surface area contributed by atoms with Crippen molar-refractivity contribution in [3.63, 3.8) is 0 Å². The fourth-order valence-corrected chi connectivity index (χ4v) is 4.16. The molecule has 0 radical (unpaired) electrons. The molecule has 1 atom stereocenters. The van der Waals surface area contributed by atoms with Gasteiger partial charge in [-0.1, -0.05) is 19.1 Å². The van der Waals surface area contributed by atoms with Crippen molar-refractivity contribution in [2.45, 2.75) is 51.6 Å². The molecule has 4 nitrogen and oxygen atoms in total. The van der Waals surface area contributed by atoms with Gasteiger partial charge in [-0.15, -0.1) is 0 Å². The second-order valence-corrected chi connectivity index (χ2v) is 7.15. The minimum Gasteiger partial charge on any atom is -0.484 e. The van der Waals surface area contributed by atoms with Crippen molar-refractivity contribution in [2.75, 3.05) is 19.7 Å². The van der Waals surface area contributed by atoms with Gasteiger partial charge in [0.05, 0.1) is 5.60 Å². The highest BCUT2D eigenvalue weighted by molar-refractivity contribution is 5.77. The molecule has 4 heteroatoms. The second-order valence-electron chi connectivity index (χ2n) is 7.15. The van der Waals surface area contributed by atoms with Crippen molar-refractivity contribution >= 4 is 5.91 Å². The summed E-state index contributed by atoms with van der Waals surface area (Å²) in [6.07, 6.45) is 4.64. The topological polar surface area (TPSA) is 49.8 Å². The molecule has 1 spiro atoms. The number of nitrogens with zero attached hydrogens (tertiary/aromatic N) is 1. The number of rotatable bonds is 4. The van der Waals surface area contributed by atoms with Crippen LogP contribution in [0.25, 0.3) is 0 Å². The lowest BCUT2D eigenvalue weighted by molar-refractivity contribution is -0.192. The van der Waals surface area contributed by atoms with Crippen LogP contribution in [0.3, 0.4) is 0 Å². The first kappa shape index (κ1) is 16.3. The molecular weight excluding hydrogens is 290 g/mol. The van der Waals surface area contributed by atoms with Crippen molar-refractivity contribution in [3.8, 4) is 5.75 Å². The molecule has 1 heterocycles. The van der Waals surface area contributed by atoms with E-state index >= 15 is 0 Å². The number of aliphatic hydroxyl groups is 1. The largest absolute Gasteiger partial charge is 0.484 e. The van der Waals surface area contributed by atoms with Crippen LogP contribution in [0, 0.1) is 12.3 Å². The summed E-state index contributed by atoms with van der Waals surface area (Å²) in [5.41, 5.74) is 0.676. The number of aryl methyl sites for hydroxylation is 1. The third-order valence-electron chi connectivity index (χ3n) is 6.01. The zero-order chi connectivity index (χ0) is 16.5. The Morgan fingerprint density at radius 3 is 2.57 bits per heavy atom. The molecular formula is C19H27NO3. The fraction of sp³-hybridized carbons (Fsp3) is 0.632. The standard InChI is InChI=1S/C19H27NO3/c1-3-19(22)8-7-18(19)9-11-20(12-10-18)17(21)14-23-16-6-4-5-15(2)13-16/h4-6,13,22H,3,7-12,14H2,1-2H3. The summed E-state index contributed by atoms with van der Waals surface area (Å²) in [5.74, 6) is 0.784. The van der Waals surface area contributed by atoms with Gasteiger partial charge in [0.1, 0.15) is 5.75 Å². The lowest BCUT2D eigenvalue weighted by Crippen LogP contribution is -2.61. The first-order valence-electron chi connectivity index (χ1n) is 8.68. The third kappa shape index (κ3) is 2.97. The minimum absolute atomic E-state index is 0.0423. The van der Waals surface area contributed by atoms with E-state index in [0.29, 0.717) is 0 Å². The molecule has 1 saturated heterocycles.